The number of rotatable bonds is 1. The summed E-state index contributed by atoms with van der Waals surface area (Å²) in [6, 6.07) is 3.21. The SMILES string of the molecule is N#Cc1cc(F)c(S)cc1S(=O)(=O)Cl. The molecule has 0 unspecified atom stereocenters. The maximum Gasteiger partial charge on any atom is 0.262 e. The monoisotopic (exact) mass is 251 g/mol. The van der Waals surface area contributed by atoms with Crippen LogP contribution in [-0.4, -0.2) is 8.42 Å². The minimum absolute atomic E-state index is 0.178. The van der Waals surface area contributed by atoms with Crippen molar-refractivity contribution in [2.45, 2.75) is 9.79 Å². The van der Waals surface area contributed by atoms with E-state index in [0.717, 1.165) is 12.1 Å². The summed E-state index contributed by atoms with van der Waals surface area (Å²) in [7, 11) is 0.981. The van der Waals surface area contributed by atoms with E-state index in [1.54, 1.807) is 0 Å². The normalized spacial score (nSPS) is 11.0. The predicted molar refractivity (Wildman–Crippen MR) is 51.4 cm³/mol. The van der Waals surface area contributed by atoms with E-state index >= 15 is 0 Å². The van der Waals surface area contributed by atoms with Crippen molar-refractivity contribution in [1.29, 1.82) is 5.26 Å². The maximum absolute atomic E-state index is 12.9. The first kappa shape index (κ1) is 11.3. The van der Waals surface area contributed by atoms with Crippen LogP contribution in [0, 0.1) is 17.1 Å². The van der Waals surface area contributed by atoms with E-state index in [4.69, 9.17) is 15.9 Å². The van der Waals surface area contributed by atoms with Crippen molar-refractivity contribution in [3.63, 3.8) is 0 Å². The lowest BCUT2D eigenvalue weighted by atomic mass is 10.2. The van der Waals surface area contributed by atoms with Gasteiger partial charge < -0.3 is 0 Å². The average molecular weight is 252 g/mol. The molecule has 1 aromatic rings. The van der Waals surface area contributed by atoms with E-state index in [2.05, 4.69) is 12.6 Å². The molecule has 0 spiro atoms. The molecule has 0 saturated carbocycles. The van der Waals surface area contributed by atoms with Crippen LogP contribution in [0.4, 0.5) is 4.39 Å². The largest absolute Gasteiger partial charge is 0.262 e. The van der Waals surface area contributed by atoms with Crippen molar-refractivity contribution >= 4 is 32.4 Å². The van der Waals surface area contributed by atoms with Crippen LogP contribution in [0.5, 0.6) is 0 Å². The van der Waals surface area contributed by atoms with Gasteiger partial charge in [0.25, 0.3) is 9.05 Å². The van der Waals surface area contributed by atoms with Gasteiger partial charge in [0, 0.05) is 15.6 Å². The highest BCUT2D eigenvalue weighted by Crippen LogP contribution is 2.24. The lowest BCUT2D eigenvalue weighted by Crippen LogP contribution is -1.97. The summed E-state index contributed by atoms with van der Waals surface area (Å²) >= 11 is 3.68. The second-order valence-corrected chi connectivity index (χ2v) is 5.37. The zero-order chi connectivity index (χ0) is 10.9. The minimum atomic E-state index is -4.05. The van der Waals surface area contributed by atoms with Crippen LogP contribution in [0.25, 0.3) is 0 Å². The van der Waals surface area contributed by atoms with E-state index in [1.165, 1.54) is 6.07 Å². The second-order valence-electron chi connectivity index (χ2n) is 2.35. The van der Waals surface area contributed by atoms with Crippen molar-refractivity contribution in [3.05, 3.63) is 23.5 Å². The van der Waals surface area contributed by atoms with E-state index < -0.39 is 19.8 Å². The van der Waals surface area contributed by atoms with E-state index in [1.807, 2.05) is 0 Å². The highest BCUT2D eigenvalue weighted by atomic mass is 35.7. The molecular formula is C7H3ClFNO2S2. The fourth-order valence-corrected chi connectivity index (χ4v) is 2.12. The molecule has 0 bridgehead atoms. The summed E-state index contributed by atoms with van der Waals surface area (Å²) < 4.78 is 34.7. The van der Waals surface area contributed by atoms with Crippen molar-refractivity contribution < 1.29 is 12.8 Å². The maximum atomic E-state index is 12.9. The van der Waals surface area contributed by atoms with Crippen LogP contribution in [-0.2, 0) is 9.05 Å². The zero-order valence-corrected chi connectivity index (χ0v) is 9.00. The molecule has 0 aliphatic carbocycles. The van der Waals surface area contributed by atoms with Gasteiger partial charge in [-0.3, -0.25) is 0 Å². The molecule has 1 rings (SSSR count). The molecule has 0 atom stereocenters. The van der Waals surface area contributed by atoms with Crippen LogP contribution >= 0.6 is 23.3 Å². The van der Waals surface area contributed by atoms with Gasteiger partial charge in [-0.2, -0.15) is 5.26 Å². The van der Waals surface area contributed by atoms with E-state index in [-0.39, 0.29) is 10.5 Å². The molecule has 0 aromatic heterocycles. The highest BCUT2D eigenvalue weighted by Gasteiger charge is 2.18. The summed E-state index contributed by atoms with van der Waals surface area (Å²) in [5, 5.41) is 8.53. The van der Waals surface area contributed by atoms with Crippen molar-refractivity contribution in [3.8, 4) is 6.07 Å². The Balaban J connectivity index is 3.61. The fourth-order valence-electron chi connectivity index (χ4n) is 0.832. The number of thiol groups is 1. The molecule has 0 aliphatic rings. The number of hydrogen-bond donors (Lipinski definition) is 1. The number of halogens is 2. The van der Waals surface area contributed by atoms with Crippen LogP contribution in [0.3, 0.4) is 0 Å². The van der Waals surface area contributed by atoms with E-state index in [0.29, 0.717) is 0 Å². The van der Waals surface area contributed by atoms with Gasteiger partial charge in [0.2, 0.25) is 0 Å². The Labute approximate surface area is 89.9 Å². The van der Waals surface area contributed by atoms with Crippen molar-refractivity contribution in [1.82, 2.24) is 0 Å². The third-order valence-corrected chi connectivity index (χ3v) is 3.14. The molecule has 0 amide bonds. The van der Waals surface area contributed by atoms with Gasteiger partial charge in [0.1, 0.15) is 16.8 Å². The van der Waals surface area contributed by atoms with Gasteiger partial charge in [-0.1, -0.05) is 0 Å². The molecule has 0 N–H and O–H groups in total. The van der Waals surface area contributed by atoms with Gasteiger partial charge >= 0.3 is 0 Å². The van der Waals surface area contributed by atoms with Gasteiger partial charge in [0.15, 0.2) is 0 Å². The highest BCUT2D eigenvalue weighted by molar-refractivity contribution is 8.13. The lowest BCUT2D eigenvalue weighted by Gasteiger charge is -2.01. The first-order chi connectivity index (χ1) is 6.36. The second kappa shape index (κ2) is 3.77. The number of benzene rings is 1. The number of nitrogens with zero attached hydrogens (tertiary/aromatic N) is 1. The first-order valence-electron chi connectivity index (χ1n) is 3.23. The molecule has 0 radical (unpaired) electrons. The molecule has 7 heteroatoms. The Morgan fingerprint density at radius 2 is 2.07 bits per heavy atom. The molecule has 1 aromatic carbocycles. The summed E-state index contributed by atoms with van der Waals surface area (Å²) in [5.74, 6) is -0.769. The Bertz CT molecular complexity index is 521. The Kier molecular flexibility index (Phi) is 3.04. The Hall–Kier alpha value is -0.770. The summed E-state index contributed by atoms with van der Waals surface area (Å²) in [6.07, 6.45) is 0. The van der Waals surface area contributed by atoms with Crippen molar-refractivity contribution in [2.75, 3.05) is 0 Å². The van der Waals surface area contributed by atoms with Crippen molar-refractivity contribution in [2.24, 2.45) is 0 Å². The molecule has 14 heavy (non-hydrogen) atoms. The smallest absolute Gasteiger partial charge is 0.207 e. The Morgan fingerprint density at radius 3 is 2.50 bits per heavy atom. The molecule has 0 saturated heterocycles. The molecule has 0 fully saturated rings. The Morgan fingerprint density at radius 1 is 1.50 bits per heavy atom. The first-order valence-corrected chi connectivity index (χ1v) is 5.99. The van der Waals surface area contributed by atoms with Gasteiger partial charge in [0.05, 0.1) is 5.56 Å². The predicted octanol–water partition coefficient (Wildman–Crippen LogP) is 1.91. The van der Waals surface area contributed by atoms with Gasteiger partial charge in [-0.15, -0.1) is 12.6 Å². The van der Waals surface area contributed by atoms with Crippen LogP contribution in [0.15, 0.2) is 21.9 Å². The number of nitriles is 1. The molecule has 74 valence electrons. The third kappa shape index (κ3) is 2.18. The standard InChI is InChI=1S/C7H3ClFNO2S2/c8-14(11,12)7-2-6(13)5(9)1-4(7)3-10/h1-2,13H. The summed E-state index contributed by atoms with van der Waals surface area (Å²) in [6.45, 7) is 0. The van der Waals surface area contributed by atoms with Crippen LogP contribution < -0.4 is 0 Å². The lowest BCUT2D eigenvalue weighted by molar-refractivity contribution is 0.595. The molecule has 3 nitrogen and oxygen atoms in total. The molecule has 0 heterocycles. The third-order valence-electron chi connectivity index (χ3n) is 1.43. The van der Waals surface area contributed by atoms with E-state index in [9.17, 15) is 12.8 Å². The van der Waals surface area contributed by atoms with Gasteiger partial charge in [-0.05, 0) is 12.1 Å². The zero-order valence-electron chi connectivity index (χ0n) is 6.53. The minimum Gasteiger partial charge on any atom is -0.207 e. The fraction of sp³-hybridized carbons (Fsp3) is 0. The molecular weight excluding hydrogens is 249 g/mol. The molecule has 0 aliphatic heterocycles. The van der Waals surface area contributed by atoms with Gasteiger partial charge in [-0.25, -0.2) is 12.8 Å². The van der Waals surface area contributed by atoms with Crippen LogP contribution in [0.2, 0.25) is 0 Å². The average Bonchev–Trinajstić information content (AvgIpc) is 2.07. The number of hydrogen-bond acceptors (Lipinski definition) is 4. The van der Waals surface area contributed by atoms with Crippen LogP contribution in [0.1, 0.15) is 5.56 Å². The summed E-state index contributed by atoms with van der Waals surface area (Å²) in [4.78, 5) is -0.615. The quantitative estimate of drug-likeness (QED) is 0.613. The summed E-state index contributed by atoms with van der Waals surface area (Å²) in [5.41, 5.74) is -0.338. The topological polar surface area (TPSA) is 57.9 Å².